The third kappa shape index (κ3) is 2.70. The van der Waals surface area contributed by atoms with Gasteiger partial charge in [-0.3, -0.25) is 4.79 Å². The predicted octanol–water partition coefficient (Wildman–Crippen LogP) is 2.48. The van der Waals surface area contributed by atoms with Gasteiger partial charge in [0.2, 0.25) is 0 Å². The molecule has 4 heteroatoms. The minimum Gasteiger partial charge on any atom is -0.396 e. The molecule has 0 radical (unpaired) electrons. The van der Waals surface area contributed by atoms with E-state index in [-0.39, 0.29) is 18.6 Å². The van der Waals surface area contributed by atoms with Crippen molar-refractivity contribution in [1.29, 1.82) is 0 Å². The largest absolute Gasteiger partial charge is 0.396 e. The van der Waals surface area contributed by atoms with Crippen LogP contribution in [0.5, 0.6) is 0 Å². The maximum absolute atomic E-state index is 12.7. The summed E-state index contributed by atoms with van der Waals surface area (Å²) in [5.74, 6) is 0. The third-order valence-corrected chi connectivity index (χ3v) is 4.75. The predicted molar refractivity (Wildman–Crippen MR) is 87.2 cm³/mol. The molecule has 0 bridgehead atoms. The van der Waals surface area contributed by atoms with Gasteiger partial charge >= 0.3 is 0 Å². The summed E-state index contributed by atoms with van der Waals surface area (Å²) in [6.45, 7) is 0.161. The molecule has 2 N–H and O–H groups in total. The van der Waals surface area contributed by atoms with E-state index in [2.05, 4.69) is 0 Å². The molecule has 2 aromatic carbocycles. The molecule has 0 aliphatic rings. The molecule has 3 aromatic rings. The number of benzene rings is 2. The summed E-state index contributed by atoms with van der Waals surface area (Å²) in [5, 5.41) is 19.5. The van der Waals surface area contributed by atoms with Crippen molar-refractivity contribution in [1.82, 2.24) is 0 Å². The minimum atomic E-state index is 0.0262. The first-order valence-corrected chi connectivity index (χ1v) is 7.74. The molecule has 1 heterocycles. The lowest BCUT2D eigenvalue weighted by atomic mass is 10.1. The van der Waals surface area contributed by atoms with Gasteiger partial charge in [0.05, 0.1) is 0 Å². The summed E-state index contributed by atoms with van der Waals surface area (Å²) in [6, 6.07) is 11.6. The first kappa shape index (κ1) is 14.2. The van der Waals surface area contributed by atoms with Crippen LogP contribution in [0.15, 0.2) is 41.2 Å². The molecule has 21 heavy (non-hydrogen) atoms. The smallest absolute Gasteiger partial charge is 0.195 e. The zero-order chi connectivity index (χ0) is 14.8. The van der Waals surface area contributed by atoms with Gasteiger partial charge in [-0.25, -0.2) is 0 Å². The Morgan fingerprint density at radius 2 is 1.29 bits per heavy atom. The van der Waals surface area contributed by atoms with Crippen LogP contribution in [0.2, 0.25) is 0 Å². The van der Waals surface area contributed by atoms with Gasteiger partial charge in [0, 0.05) is 33.4 Å². The van der Waals surface area contributed by atoms with Crippen LogP contribution in [0.25, 0.3) is 20.2 Å². The van der Waals surface area contributed by atoms with E-state index < -0.39 is 0 Å². The molecule has 0 amide bonds. The molecular formula is C17H16O3S. The van der Waals surface area contributed by atoms with Gasteiger partial charge in [-0.1, -0.05) is 12.1 Å². The van der Waals surface area contributed by atoms with E-state index in [1.165, 1.54) is 0 Å². The van der Waals surface area contributed by atoms with Crippen molar-refractivity contribution < 1.29 is 10.2 Å². The first-order chi connectivity index (χ1) is 10.2. The molecule has 0 saturated heterocycles. The van der Waals surface area contributed by atoms with E-state index >= 15 is 0 Å². The highest BCUT2D eigenvalue weighted by molar-refractivity contribution is 7.24. The molecular weight excluding hydrogens is 284 g/mol. The molecule has 0 unspecified atom stereocenters. The molecule has 0 atom stereocenters. The number of hydrogen-bond acceptors (Lipinski definition) is 4. The zero-order valence-electron chi connectivity index (χ0n) is 11.5. The standard InChI is InChI=1S/C17H16O3S/c18-7-5-11-1-3-15-13(9-11)17(20)14-10-12(6-8-19)2-4-16(14)21-15/h1-4,9-10,18-19H,5-8H2. The minimum absolute atomic E-state index is 0.0262. The second-order valence-corrected chi connectivity index (χ2v) is 6.12. The fourth-order valence-electron chi connectivity index (χ4n) is 2.52. The van der Waals surface area contributed by atoms with Crippen LogP contribution < -0.4 is 5.43 Å². The lowest BCUT2D eigenvalue weighted by molar-refractivity contribution is 0.299. The lowest BCUT2D eigenvalue weighted by Crippen LogP contribution is -2.03. The summed E-state index contributed by atoms with van der Waals surface area (Å²) in [6.07, 6.45) is 1.12. The molecule has 0 fully saturated rings. The number of aliphatic hydroxyl groups excluding tert-OH is 2. The summed E-state index contributed by atoms with van der Waals surface area (Å²) >= 11 is 1.59. The zero-order valence-corrected chi connectivity index (χ0v) is 12.3. The van der Waals surface area contributed by atoms with Gasteiger partial charge in [-0.15, -0.1) is 11.3 Å². The molecule has 0 spiro atoms. The van der Waals surface area contributed by atoms with Crippen LogP contribution in [-0.2, 0) is 12.8 Å². The van der Waals surface area contributed by atoms with E-state index in [4.69, 9.17) is 10.2 Å². The van der Waals surface area contributed by atoms with Gasteiger partial charge in [0.25, 0.3) is 0 Å². The SMILES string of the molecule is O=c1c2cc(CCO)ccc2sc2ccc(CCO)cc12. The van der Waals surface area contributed by atoms with Crippen molar-refractivity contribution in [3.8, 4) is 0 Å². The maximum Gasteiger partial charge on any atom is 0.195 e. The van der Waals surface area contributed by atoms with Crippen LogP contribution >= 0.6 is 11.3 Å². The highest BCUT2D eigenvalue weighted by Crippen LogP contribution is 2.26. The fourth-order valence-corrected chi connectivity index (χ4v) is 3.55. The Morgan fingerprint density at radius 1 is 0.810 bits per heavy atom. The average Bonchev–Trinajstić information content (AvgIpc) is 2.49. The Morgan fingerprint density at radius 3 is 1.71 bits per heavy atom. The number of hydrogen-bond donors (Lipinski definition) is 2. The molecule has 0 aliphatic carbocycles. The van der Waals surface area contributed by atoms with E-state index in [9.17, 15) is 4.79 Å². The Hall–Kier alpha value is -1.75. The van der Waals surface area contributed by atoms with Crippen LogP contribution in [0, 0.1) is 0 Å². The quantitative estimate of drug-likeness (QED) is 0.728. The van der Waals surface area contributed by atoms with Crippen LogP contribution in [0.1, 0.15) is 11.1 Å². The highest BCUT2D eigenvalue weighted by Gasteiger charge is 2.08. The van der Waals surface area contributed by atoms with Crippen molar-refractivity contribution in [2.45, 2.75) is 12.8 Å². The maximum atomic E-state index is 12.7. The Balaban J connectivity index is 2.26. The normalized spacial score (nSPS) is 11.3. The number of rotatable bonds is 4. The number of aliphatic hydroxyl groups is 2. The molecule has 108 valence electrons. The summed E-state index contributed by atoms with van der Waals surface area (Å²) in [5.41, 5.74) is 1.97. The Labute approximate surface area is 126 Å². The Bertz CT molecular complexity index is 785. The average molecular weight is 300 g/mol. The van der Waals surface area contributed by atoms with E-state index in [0.717, 1.165) is 20.5 Å². The second kappa shape index (κ2) is 5.93. The molecule has 0 saturated carbocycles. The summed E-state index contributed by atoms with van der Waals surface area (Å²) in [7, 11) is 0. The lowest BCUT2D eigenvalue weighted by Gasteiger charge is -2.05. The van der Waals surface area contributed by atoms with Gasteiger partial charge in [-0.2, -0.15) is 0 Å². The van der Waals surface area contributed by atoms with Crippen molar-refractivity contribution in [3.63, 3.8) is 0 Å². The first-order valence-electron chi connectivity index (χ1n) is 6.93. The van der Waals surface area contributed by atoms with Gasteiger partial charge in [-0.05, 0) is 48.2 Å². The van der Waals surface area contributed by atoms with Crippen molar-refractivity contribution in [2.24, 2.45) is 0 Å². The molecule has 3 rings (SSSR count). The van der Waals surface area contributed by atoms with Crippen molar-refractivity contribution in [2.75, 3.05) is 13.2 Å². The van der Waals surface area contributed by atoms with Crippen LogP contribution in [-0.4, -0.2) is 23.4 Å². The van der Waals surface area contributed by atoms with Gasteiger partial charge in [0.15, 0.2) is 5.43 Å². The molecule has 0 aliphatic heterocycles. The van der Waals surface area contributed by atoms with E-state index in [0.29, 0.717) is 23.6 Å². The topological polar surface area (TPSA) is 57.5 Å². The number of fused-ring (bicyclic) bond motifs is 2. The Kier molecular flexibility index (Phi) is 4.01. The van der Waals surface area contributed by atoms with Crippen LogP contribution in [0.3, 0.4) is 0 Å². The monoisotopic (exact) mass is 300 g/mol. The molecule has 1 aromatic heterocycles. The summed E-state index contributed by atoms with van der Waals surface area (Å²) < 4.78 is 1.92. The summed E-state index contributed by atoms with van der Waals surface area (Å²) in [4.78, 5) is 12.7. The van der Waals surface area contributed by atoms with Crippen molar-refractivity contribution >= 4 is 31.5 Å². The highest BCUT2D eigenvalue weighted by atomic mass is 32.1. The van der Waals surface area contributed by atoms with E-state index in [1.54, 1.807) is 11.3 Å². The van der Waals surface area contributed by atoms with Crippen LogP contribution in [0.4, 0.5) is 0 Å². The van der Waals surface area contributed by atoms with Gasteiger partial charge in [0.1, 0.15) is 0 Å². The third-order valence-electron chi connectivity index (χ3n) is 3.60. The van der Waals surface area contributed by atoms with Gasteiger partial charge < -0.3 is 10.2 Å². The van der Waals surface area contributed by atoms with Crippen molar-refractivity contribution in [3.05, 3.63) is 57.7 Å². The second-order valence-electron chi connectivity index (χ2n) is 5.04. The van der Waals surface area contributed by atoms with E-state index in [1.807, 2.05) is 36.4 Å². The fraction of sp³-hybridized carbons (Fsp3) is 0.235. The molecule has 3 nitrogen and oxygen atoms in total.